The Balaban J connectivity index is 1.78. The fraction of sp³-hybridized carbons (Fsp3) is 0.231. The molecular formula is C13H13N3O3S2. The molecule has 3 rings (SSSR count). The molecule has 2 aromatic heterocycles. The van der Waals surface area contributed by atoms with Gasteiger partial charge in [-0.15, -0.1) is 0 Å². The minimum absolute atomic E-state index is 0.0823. The van der Waals surface area contributed by atoms with Gasteiger partial charge < -0.3 is 9.88 Å². The van der Waals surface area contributed by atoms with Gasteiger partial charge >= 0.3 is 0 Å². The molecule has 1 aliphatic rings. The number of rotatable bonds is 3. The second-order valence-electron chi connectivity index (χ2n) is 4.74. The van der Waals surface area contributed by atoms with Crippen molar-refractivity contribution >= 4 is 27.1 Å². The van der Waals surface area contributed by atoms with Gasteiger partial charge in [-0.25, -0.2) is 13.4 Å². The van der Waals surface area contributed by atoms with Crippen LogP contribution in [0, 0.1) is 6.92 Å². The van der Waals surface area contributed by atoms with Gasteiger partial charge in [-0.3, -0.25) is 4.79 Å². The molecular weight excluding hydrogens is 310 g/mol. The first-order valence-corrected chi connectivity index (χ1v) is 8.80. The van der Waals surface area contributed by atoms with Gasteiger partial charge in [0.15, 0.2) is 15.0 Å². The van der Waals surface area contributed by atoms with Gasteiger partial charge in [0.25, 0.3) is 5.91 Å². The predicted octanol–water partition coefficient (Wildman–Crippen LogP) is 1.28. The summed E-state index contributed by atoms with van der Waals surface area (Å²) < 4.78 is 24.5. The Morgan fingerprint density at radius 2 is 2.14 bits per heavy atom. The Morgan fingerprint density at radius 1 is 1.43 bits per heavy atom. The Hall–Kier alpha value is -1.93. The second kappa shape index (κ2) is 5.12. The molecule has 0 aliphatic carbocycles. The lowest BCUT2D eigenvalue weighted by Crippen LogP contribution is -2.35. The number of nitrogens with zero attached hydrogens (tertiary/aromatic N) is 2. The van der Waals surface area contributed by atoms with E-state index in [1.807, 2.05) is 29.1 Å². The Kier molecular flexibility index (Phi) is 3.42. The molecule has 1 atom stereocenters. The molecule has 1 N–H and O–H groups in total. The predicted molar refractivity (Wildman–Crippen MR) is 80.4 cm³/mol. The molecule has 0 radical (unpaired) electrons. The lowest BCUT2D eigenvalue weighted by atomic mass is 10.3. The van der Waals surface area contributed by atoms with Gasteiger partial charge in [0.1, 0.15) is 4.88 Å². The van der Waals surface area contributed by atoms with Crippen LogP contribution < -0.4 is 5.32 Å². The minimum Gasteiger partial charge on any atom is -0.344 e. The van der Waals surface area contributed by atoms with Crippen LogP contribution in [0.15, 0.2) is 36.0 Å². The highest BCUT2D eigenvalue weighted by Crippen LogP contribution is 2.22. The molecule has 0 saturated heterocycles. The summed E-state index contributed by atoms with van der Waals surface area (Å²) in [4.78, 5) is 17.1. The van der Waals surface area contributed by atoms with Crippen LogP contribution in [0.4, 0.5) is 0 Å². The van der Waals surface area contributed by atoms with E-state index in [2.05, 4.69) is 10.3 Å². The van der Waals surface area contributed by atoms with Gasteiger partial charge in [-0.05, 0) is 25.1 Å². The molecule has 21 heavy (non-hydrogen) atoms. The molecule has 1 aliphatic heterocycles. The molecule has 1 amide bonds. The zero-order valence-corrected chi connectivity index (χ0v) is 12.8. The third kappa shape index (κ3) is 2.91. The number of thiazole rings is 1. The van der Waals surface area contributed by atoms with E-state index in [1.54, 1.807) is 6.92 Å². The lowest BCUT2D eigenvalue weighted by Gasteiger charge is -2.08. The van der Waals surface area contributed by atoms with Crippen molar-refractivity contribution in [3.8, 4) is 5.13 Å². The lowest BCUT2D eigenvalue weighted by molar-refractivity contribution is 0.0951. The summed E-state index contributed by atoms with van der Waals surface area (Å²) in [7, 11) is -3.18. The average Bonchev–Trinajstić information content (AvgIpc) is 3.09. The fourth-order valence-corrected chi connectivity index (χ4v) is 4.24. The van der Waals surface area contributed by atoms with Crippen molar-refractivity contribution in [3.05, 3.63) is 46.6 Å². The third-order valence-electron chi connectivity index (χ3n) is 3.06. The summed E-state index contributed by atoms with van der Waals surface area (Å²) in [6.45, 7) is 1.76. The van der Waals surface area contributed by atoms with Crippen LogP contribution in [0.5, 0.6) is 0 Å². The van der Waals surface area contributed by atoms with E-state index in [-0.39, 0.29) is 11.7 Å². The summed E-state index contributed by atoms with van der Waals surface area (Å²) in [6.07, 6.45) is 5.20. The van der Waals surface area contributed by atoms with E-state index in [9.17, 15) is 13.2 Å². The van der Waals surface area contributed by atoms with Crippen molar-refractivity contribution in [3.63, 3.8) is 0 Å². The number of aryl methyl sites for hydroxylation is 1. The van der Waals surface area contributed by atoms with Crippen LogP contribution in [0.2, 0.25) is 0 Å². The van der Waals surface area contributed by atoms with Gasteiger partial charge in [-0.2, -0.15) is 0 Å². The van der Waals surface area contributed by atoms with Gasteiger partial charge in [0.05, 0.1) is 17.5 Å². The standard InChI is InChI=1S/C13H13N3O3S2/c1-9-11(20-13(14-9)16-5-2-3-6-16)12(17)15-10-4-7-21(18,19)8-10/h2-7,10H,8H2,1H3,(H,15,17). The van der Waals surface area contributed by atoms with Crippen molar-refractivity contribution in [2.75, 3.05) is 5.75 Å². The maximum atomic E-state index is 12.2. The highest BCUT2D eigenvalue weighted by atomic mass is 32.2. The topological polar surface area (TPSA) is 81.1 Å². The number of sulfone groups is 1. The molecule has 0 saturated carbocycles. The van der Waals surface area contributed by atoms with E-state index in [4.69, 9.17) is 0 Å². The molecule has 0 aromatic carbocycles. The van der Waals surface area contributed by atoms with Crippen molar-refractivity contribution in [1.29, 1.82) is 0 Å². The highest BCUT2D eigenvalue weighted by Gasteiger charge is 2.25. The van der Waals surface area contributed by atoms with Crippen LogP contribution in [0.3, 0.4) is 0 Å². The van der Waals surface area contributed by atoms with Gasteiger partial charge in [-0.1, -0.05) is 11.3 Å². The molecule has 2 aromatic rings. The summed E-state index contributed by atoms with van der Waals surface area (Å²) >= 11 is 1.27. The Labute approximate surface area is 126 Å². The van der Waals surface area contributed by atoms with E-state index in [0.717, 1.165) is 5.41 Å². The van der Waals surface area contributed by atoms with Crippen LogP contribution in [-0.2, 0) is 9.84 Å². The van der Waals surface area contributed by atoms with E-state index < -0.39 is 15.9 Å². The fourth-order valence-electron chi connectivity index (χ4n) is 2.06. The number of aromatic nitrogens is 2. The highest BCUT2D eigenvalue weighted by molar-refractivity contribution is 7.94. The zero-order chi connectivity index (χ0) is 15.0. The van der Waals surface area contributed by atoms with Crippen LogP contribution in [0.25, 0.3) is 5.13 Å². The third-order valence-corrected chi connectivity index (χ3v) is 5.63. The summed E-state index contributed by atoms with van der Waals surface area (Å²) in [5.41, 5.74) is 0.631. The quantitative estimate of drug-likeness (QED) is 0.922. The molecule has 0 spiro atoms. The number of hydrogen-bond acceptors (Lipinski definition) is 5. The first-order chi connectivity index (χ1) is 9.94. The molecule has 0 fully saturated rings. The molecule has 1 unspecified atom stereocenters. The van der Waals surface area contributed by atoms with Crippen molar-refractivity contribution in [1.82, 2.24) is 14.9 Å². The number of amides is 1. The molecule has 110 valence electrons. The van der Waals surface area contributed by atoms with Crippen LogP contribution >= 0.6 is 11.3 Å². The smallest absolute Gasteiger partial charge is 0.263 e. The Morgan fingerprint density at radius 3 is 2.76 bits per heavy atom. The number of hydrogen-bond donors (Lipinski definition) is 1. The van der Waals surface area contributed by atoms with Gasteiger partial charge in [0.2, 0.25) is 0 Å². The first kappa shape index (κ1) is 14.0. The summed E-state index contributed by atoms with van der Waals surface area (Å²) in [5, 5.41) is 4.55. The van der Waals surface area contributed by atoms with E-state index in [0.29, 0.717) is 15.7 Å². The minimum atomic E-state index is -3.18. The average molecular weight is 323 g/mol. The second-order valence-corrected chi connectivity index (χ2v) is 7.65. The zero-order valence-electron chi connectivity index (χ0n) is 11.2. The summed E-state index contributed by atoms with van der Waals surface area (Å²) in [6, 6.07) is 3.29. The van der Waals surface area contributed by atoms with Crippen molar-refractivity contribution < 1.29 is 13.2 Å². The number of carbonyl (C=O) groups excluding carboxylic acids is 1. The molecule has 3 heterocycles. The van der Waals surface area contributed by atoms with Gasteiger partial charge in [0, 0.05) is 17.8 Å². The maximum Gasteiger partial charge on any atom is 0.263 e. The van der Waals surface area contributed by atoms with E-state index >= 15 is 0 Å². The molecule has 6 nitrogen and oxygen atoms in total. The number of nitrogens with one attached hydrogen (secondary N) is 1. The Bertz CT molecular complexity index is 804. The maximum absolute atomic E-state index is 12.2. The monoisotopic (exact) mass is 323 g/mol. The molecule has 8 heteroatoms. The molecule has 0 bridgehead atoms. The van der Waals surface area contributed by atoms with Crippen LogP contribution in [0.1, 0.15) is 15.4 Å². The normalized spacial score (nSPS) is 19.8. The largest absolute Gasteiger partial charge is 0.344 e. The summed E-state index contributed by atoms with van der Waals surface area (Å²) in [5.74, 6) is -0.378. The van der Waals surface area contributed by atoms with E-state index in [1.165, 1.54) is 17.4 Å². The van der Waals surface area contributed by atoms with Crippen molar-refractivity contribution in [2.45, 2.75) is 13.0 Å². The van der Waals surface area contributed by atoms with Crippen LogP contribution in [-0.4, -0.2) is 35.7 Å². The van der Waals surface area contributed by atoms with Crippen molar-refractivity contribution in [2.24, 2.45) is 0 Å². The SMILES string of the molecule is Cc1nc(-n2cccc2)sc1C(=O)NC1C=CS(=O)(=O)C1. The number of carbonyl (C=O) groups is 1. The first-order valence-electron chi connectivity index (χ1n) is 6.27.